The van der Waals surface area contributed by atoms with Gasteiger partial charge >= 0.3 is 12.1 Å². The first-order valence-electron chi connectivity index (χ1n) is 5.83. The fraction of sp³-hybridized carbons (Fsp3) is 0.500. The molecule has 0 bridgehead atoms. The van der Waals surface area contributed by atoms with Crippen molar-refractivity contribution in [2.75, 3.05) is 27.2 Å². The normalized spacial score (nSPS) is 27.0. The van der Waals surface area contributed by atoms with Crippen LogP contribution in [0.25, 0.3) is 0 Å². The van der Waals surface area contributed by atoms with E-state index in [9.17, 15) is 9.59 Å². The molecule has 98 valence electrons. The number of rotatable bonds is 4. The molecule has 0 aromatic rings. The number of amides is 4. The van der Waals surface area contributed by atoms with Gasteiger partial charge in [-0.3, -0.25) is 9.80 Å². The number of carbonyl (C=O) groups excluding carboxylic acids is 2. The van der Waals surface area contributed by atoms with Crippen molar-refractivity contribution in [1.82, 2.24) is 19.6 Å². The lowest BCUT2D eigenvalue weighted by Crippen LogP contribution is -2.44. The predicted octanol–water partition coefficient (Wildman–Crippen LogP) is 0.745. The summed E-state index contributed by atoms with van der Waals surface area (Å²) in [7, 11) is 3.43. The fourth-order valence-corrected chi connectivity index (χ4v) is 2.66. The first kappa shape index (κ1) is 12.5. The zero-order chi connectivity index (χ0) is 13.4. The van der Waals surface area contributed by atoms with Gasteiger partial charge in [0.05, 0.1) is 0 Å². The standard InChI is InChI=1S/C12H18N4O2/c1-5-7-15-9-10(14(4)11(17)13(9)3)16(8-6-2)12(15)18/h5-6,9-10H,1-2,7-8H2,3-4H3. The van der Waals surface area contributed by atoms with E-state index in [1.54, 1.807) is 45.8 Å². The molecule has 4 amide bonds. The summed E-state index contributed by atoms with van der Waals surface area (Å²) in [4.78, 5) is 30.7. The van der Waals surface area contributed by atoms with Crippen LogP contribution in [0.15, 0.2) is 25.3 Å². The van der Waals surface area contributed by atoms with E-state index in [1.165, 1.54) is 0 Å². The molecule has 2 unspecified atom stereocenters. The van der Waals surface area contributed by atoms with Crippen molar-refractivity contribution in [1.29, 1.82) is 0 Å². The summed E-state index contributed by atoms with van der Waals surface area (Å²) in [5, 5.41) is 0. The molecule has 2 heterocycles. The van der Waals surface area contributed by atoms with Crippen molar-refractivity contribution < 1.29 is 9.59 Å². The Hall–Kier alpha value is -1.98. The Morgan fingerprint density at radius 3 is 1.67 bits per heavy atom. The highest BCUT2D eigenvalue weighted by molar-refractivity contribution is 5.85. The smallest absolute Gasteiger partial charge is 0.303 e. The molecule has 0 saturated carbocycles. The largest absolute Gasteiger partial charge is 0.324 e. The first-order chi connectivity index (χ1) is 8.54. The van der Waals surface area contributed by atoms with Crippen LogP contribution in [0.3, 0.4) is 0 Å². The molecule has 0 aliphatic carbocycles. The number of hydrogen-bond acceptors (Lipinski definition) is 2. The van der Waals surface area contributed by atoms with Crippen molar-refractivity contribution in [2.24, 2.45) is 0 Å². The maximum atomic E-state index is 12.3. The van der Waals surface area contributed by atoms with Gasteiger partial charge < -0.3 is 9.80 Å². The van der Waals surface area contributed by atoms with Gasteiger partial charge in [0.15, 0.2) is 0 Å². The van der Waals surface area contributed by atoms with E-state index in [-0.39, 0.29) is 24.4 Å². The van der Waals surface area contributed by atoms with Gasteiger partial charge in [-0.2, -0.15) is 0 Å². The topological polar surface area (TPSA) is 47.1 Å². The number of likely N-dealkylation sites (N-methyl/N-ethyl adjacent to an activating group) is 2. The van der Waals surface area contributed by atoms with Crippen molar-refractivity contribution in [2.45, 2.75) is 12.3 Å². The maximum absolute atomic E-state index is 12.3. The van der Waals surface area contributed by atoms with Crippen LogP contribution >= 0.6 is 0 Å². The fourth-order valence-electron chi connectivity index (χ4n) is 2.66. The molecule has 2 aliphatic rings. The number of nitrogens with zero attached hydrogens (tertiary/aromatic N) is 4. The van der Waals surface area contributed by atoms with Crippen molar-refractivity contribution >= 4 is 12.1 Å². The molecule has 2 fully saturated rings. The third-order valence-corrected chi connectivity index (χ3v) is 3.45. The number of urea groups is 2. The molecule has 2 saturated heterocycles. The molecule has 2 atom stereocenters. The van der Waals surface area contributed by atoms with Gasteiger partial charge in [0.2, 0.25) is 0 Å². The average molecular weight is 250 g/mol. The highest BCUT2D eigenvalue weighted by Gasteiger charge is 2.56. The van der Waals surface area contributed by atoms with Crippen molar-refractivity contribution in [3.63, 3.8) is 0 Å². The van der Waals surface area contributed by atoms with E-state index in [2.05, 4.69) is 13.2 Å². The lowest BCUT2D eigenvalue weighted by Gasteiger charge is -2.25. The van der Waals surface area contributed by atoms with Crippen LogP contribution in [0.1, 0.15) is 0 Å². The quantitative estimate of drug-likeness (QED) is 0.691. The van der Waals surface area contributed by atoms with Gasteiger partial charge in [0.25, 0.3) is 0 Å². The van der Waals surface area contributed by atoms with Gasteiger partial charge in [-0.05, 0) is 0 Å². The van der Waals surface area contributed by atoms with Gasteiger partial charge in [-0.25, -0.2) is 9.59 Å². The Bertz CT molecular complexity index is 375. The molecule has 0 N–H and O–H groups in total. The van der Waals surface area contributed by atoms with E-state index in [1.807, 2.05) is 0 Å². The predicted molar refractivity (Wildman–Crippen MR) is 67.7 cm³/mol. The molecule has 2 rings (SSSR count). The average Bonchev–Trinajstić information content (AvgIpc) is 2.73. The lowest BCUT2D eigenvalue weighted by atomic mass is 10.3. The van der Waals surface area contributed by atoms with Crippen LogP contribution in [-0.4, -0.2) is 71.2 Å². The van der Waals surface area contributed by atoms with Crippen LogP contribution in [0.4, 0.5) is 9.59 Å². The molecule has 0 radical (unpaired) electrons. The Kier molecular flexibility index (Phi) is 3.02. The van der Waals surface area contributed by atoms with Crippen LogP contribution in [0.2, 0.25) is 0 Å². The summed E-state index contributed by atoms with van der Waals surface area (Å²) >= 11 is 0. The highest BCUT2D eigenvalue weighted by Crippen LogP contribution is 2.32. The Morgan fingerprint density at radius 1 is 0.944 bits per heavy atom. The minimum absolute atomic E-state index is 0.0828. The Labute approximate surface area is 107 Å². The minimum Gasteiger partial charge on any atom is -0.303 e. The third kappa shape index (κ3) is 1.48. The second-order valence-electron chi connectivity index (χ2n) is 4.50. The molecular formula is C12H18N4O2. The zero-order valence-electron chi connectivity index (χ0n) is 10.7. The molecular weight excluding hydrogens is 232 g/mol. The lowest BCUT2D eigenvalue weighted by molar-refractivity contribution is 0.150. The number of carbonyl (C=O) groups is 2. The first-order valence-corrected chi connectivity index (χ1v) is 5.83. The van der Waals surface area contributed by atoms with E-state index in [0.29, 0.717) is 13.1 Å². The zero-order valence-corrected chi connectivity index (χ0v) is 10.7. The van der Waals surface area contributed by atoms with Gasteiger partial charge in [-0.15, -0.1) is 13.2 Å². The Balaban J connectivity index is 2.37. The molecule has 0 aromatic heterocycles. The SMILES string of the molecule is C=CCN1C(=O)N(CC=C)C2C1N(C)C(=O)N2C. The van der Waals surface area contributed by atoms with Gasteiger partial charge in [0, 0.05) is 27.2 Å². The number of fused-ring (bicyclic) bond motifs is 1. The van der Waals surface area contributed by atoms with E-state index >= 15 is 0 Å². The van der Waals surface area contributed by atoms with Crippen molar-refractivity contribution in [3.8, 4) is 0 Å². The Morgan fingerprint density at radius 2 is 1.33 bits per heavy atom. The molecule has 18 heavy (non-hydrogen) atoms. The summed E-state index contributed by atoms with van der Waals surface area (Å²) in [6, 6.07) is -0.170. The molecule has 0 spiro atoms. The highest BCUT2D eigenvalue weighted by atomic mass is 16.2. The van der Waals surface area contributed by atoms with Crippen LogP contribution in [-0.2, 0) is 0 Å². The van der Waals surface area contributed by atoms with E-state index in [4.69, 9.17) is 0 Å². The summed E-state index contributed by atoms with van der Waals surface area (Å²) < 4.78 is 0. The summed E-state index contributed by atoms with van der Waals surface area (Å²) in [5.74, 6) is 0. The summed E-state index contributed by atoms with van der Waals surface area (Å²) in [5.41, 5.74) is 0. The minimum atomic E-state index is -0.257. The van der Waals surface area contributed by atoms with Gasteiger partial charge in [-0.1, -0.05) is 12.2 Å². The molecule has 2 aliphatic heterocycles. The van der Waals surface area contributed by atoms with Gasteiger partial charge in [0.1, 0.15) is 12.3 Å². The third-order valence-electron chi connectivity index (χ3n) is 3.45. The molecule has 6 nitrogen and oxygen atoms in total. The van der Waals surface area contributed by atoms with Crippen LogP contribution < -0.4 is 0 Å². The van der Waals surface area contributed by atoms with Crippen molar-refractivity contribution in [3.05, 3.63) is 25.3 Å². The van der Waals surface area contributed by atoms with E-state index < -0.39 is 0 Å². The maximum Gasteiger partial charge on any atom is 0.324 e. The number of hydrogen-bond donors (Lipinski definition) is 0. The molecule has 6 heteroatoms. The second-order valence-corrected chi connectivity index (χ2v) is 4.50. The second kappa shape index (κ2) is 4.36. The monoisotopic (exact) mass is 250 g/mol. The van der Waals surface area contributed by atoms with Crippen LogP contribution in [0, 0.1) is 0 Å². The summed E-state index contributed by atoms with van der Waals surface area (Å²) in [6.45, 7) is 8.17. The molecule has 0 aromatic carbocycles. The van der Waals surface area contributed by atoms with Crippen LogP contribution in [0.5, 0.6) is 0 Å². The van der Waals surface area contributed by atoms with E-state index in [0.717, 1.165) is 0 Å². The summed E-state index contributed by atoms with van der Waals surface area (Å²) in [6.07, 6.45) is 2.83.